The van der Waals surface area contributed by atoms with Gasteiger partial charge in [-0.05, 0) is 46.3 Å². The van der Waals surface area contributed by atoms with E-state index >= 15 is 0 Å². The number of halogens is 2. The molecule has 3 unspecified atom stereocenters. The lowest BCUT2D eigenvalue weighted by atomic mass is 10.0. The van der Waals surface area contributed by atoms with Gasteiger partial charge in [-0.15, -0.1) is 0 Å². The van der Waals surface area contributed by atoms with Gasteiger partial charge in [0.25, 0.3) is 0 Å². The summed E-state index contributed by atoms with van der Waals surface area (Å²) >= 11 is 9.49. The highest BCUT2D eigenvalue weighted by Crippen LogP contribution is 2.48. The molecule has 4 heteroatoms. The Morgan fingerprint density at radius 3 is 2.69 bits per heavy atom. The van der Waals surface area contributed by atoms with Gasteiger partial charge in [0.1, 0.15) is 5.75 Å². The molecule has 16 heavy (non-hydrogen) atoms. The van der Waals surface area contributed by atoms with Crippen LogP contribution in [-0.2, 0) is 0 Å². The SMILES string of the molecule is COc1c(Br)cc(Cl)cc1C(N)C1CC1C. The normalized spacial score (nSPS) is 25.3. The van der Waals surface area contributed by atoms with Gasteiger partial charge in [0.2, 0.25) is 0 Å². The van der Waals surface area contributed by atoms with Gasteiger partial charge in [0.05, 0.1) is 11.6 Å². The van der Waals surface area contributed by atoms with Gasteiger partial charge in [-0.1, -0.05) is 18.5 Å². The smallest absolute Gasteiger partial charge is 0.137 e. The Morgan fingerprint density at radius 2 is 2.19 bits per heavy atom. The van der Waals surface area contributed by atoms with Gasteiger partial charge in [-0.3, -0.25) is 0 Å². The molecule has 0 bridgehead atoms. The fourth-order valence-corrected chi connectivity index (χ4v) is 3.12. The molecule has 0 saturated heterocycles. The summed E-state index contributed by atoms with van der Waals surface area (Å²) in [5.41, 5.74) is 7.24. The molecular formula is C12H15BrClNO. The molecule has 1 aliphatic rings. The molecule has 2 nitrogen and oxygen atoms in total. The van der Waals surface area contributed by atoms with Crippen molar-refractivity contribution in [2.24, 2.45) is 17.6 Å². The molecule has 0 heterocycles. The third-order valence-electron chi connectivity index (χ3n) is 3.23. The first kappa shape index (κ1) is 12.2. The Balaban J connectivity index is 2.38. The zero-order valence-electron chi connectivity index (χ0n) is 9.34. The fraction of sp³-hybridized carbons (Fsp3) is 0.500. The molecule has 3 atom stereocenters. The molecule has 1 saturated carbocycles. The molecule has 1 aromatic carbocycles. The van der Waals surface area contributed by atoms with Gasteiger partial charge in [-0.2, -0.15) is 0 Å². The molecule has 0 spiro atoms. The summed E-state index contributed by atoms with van der Waals surface area (Å²) < 4.78 is 6.24. The van der Waals surface area contributed by atoms with Crippen LogP contribution in [0.5, 0.6) is 5.75 Å². The zero-order valence-corrected chi connectivity index (χ0v) is 11.7. The number of rotatable bonds is 3. The Morgan fingerprint density at radius 1 is 1.56 bits per heavy atom. The topological polar surface area (TPSA) is 35.2 Å². The lowest BCUT2D eigenvalue weighted by Gasteiger charge is -2.17. The standard InChI is InChI=1S/C12H15BrClNO/c1-6-3-8(6)11(15)9-4-7(14)5-10(13)12(9)16-2/h4-6,8,11H,3,15H2,1-2H3. The highest BCUT2D eigenvalue weighted by molar-refractivity contribution is 9.10. The molecule has 0 amide bonds. The van der Waals surface area contributed by atoms with Gasteiger partial charge in [0, 0.05) is 16.6 Å². The third kappa shape index (κ3) is 2.22. The second-order valence-corrected chi connectivity index (χ2v) is 5.70. The first-order valence-electron chi connectivity index (χ1n) is 5.33. The number of hydrogen-bond acceptors (Lipinski definition) is 2. The fourth-order valence-electron chi connectivity index (χ4n) is 2.13. The van der Waals surface area contributed by atoms with Crippen LogP contribution in [-0.4, -0.2) is 7.11 Å². The minimum absolute atomic E-state index is 0.0138. The van der Waals surface area contributed by atoms with Gasteiger partial charge >= 0.3 is 0 Å². The first-order valence-corrected chi connectivity index (χ1v) is 6.50. The van der Waals surface area contributed by atoms with Crippen molar-refractivity contribution in [3.63, 3.8) is 0 Å². The Bertz CT molecular complexity index is 410. The molecule has 1 aromatic rings. The van der Waals surface area contributed by atoms with E-state index in [4.69, 9.17) is 22.1 Å². The number of methoxy groups -OCH3 is 1. The molecular weight excluding hydrogens is 289 g/mol. The van der Waals surface area contributed by atoms with Crippen LogP contribution in [0.2, 0.25) is 5.02 Å². The second-order valence-electron chi connectivity index (χ2n) is 4.41. The Hall–Kier alpha value is -0.250. The van der Waals surface area contributed by atoms with E-state index in [2.05, 4.69) is 22.9 Å². The van der Waals surface area contributed by atoms with Crippen LogP contribution < -0.4 is 10.5 Å². The van der Waals surface area contributed by atoms with E-state index in [0.717, 1.165) is 15.8 Å². The highest BCUT2D eigenvalue weighted by Gasteiger charge is 2.39. The zero-order chi connectivity index (χ0) is 11.9. The van der Waals surface area contributed by atoms with E-state index in [1.165, 1.54) is 6.42 Å². The molecule has 2 rings (SSSR count). The van der Waals surface area contributed by atoms with E-state index < -0.39 is 0 Å². The molecule has 0 aromatic heterocycles. The summed E-state index contributed by atoms with van der Waals surface area (Å²) in [6, 6.07) is 3.74. The molecule has 0 radical (unpaired) electrons. The predicted octanol–water partition coefficient (Wildman–Crippen LogP) is 3.77. The van der Waals surface area contributed by atoms with Crippen molar-refractivity contribution in [1.82, 2.24) is 0 Å². The second kappa shape index (κ2) is 4.55. The van der Waals surface area contributed by atoms with Crippen molar-refractivity contribution in [1.29, 1.82) is 0 Å². The lowest BCUT2D eigenvalue weighted by molar-refractivity contribution is 0.399. The van der Waals surface area contributed by atoms with E-state index in [1.54, 1.807) is 7.11 Å². The quantitative estimate of drug-likeness (QED) is 0.922. The Labute approximate surface area is 109 Å². The minimum atomic E-state index is 0.0138. The number of hydrogen-bond donors (Lipinski definition) is 1. The van der Waals surface area contributed by atoms with Crippen LogP contribution in [0.25, 0.3) is 0 Å². The minimum Gasteiger partial charge on any atom is -0.495 e. The van der Waals surface area contributed by atoms with Gasteiger partial charge < -0.3 is 10.5 Å². The maximum absolute atomic E-state index is 6.25. The lowest BCUT2D eigenvalue weighted by Crippen LogP contribution is -2.14. The van der Waals surface area contributed by atoms with Crippen molar-refractivity contribution in [2.75, 3.05) is 7.11 Å². The third-order valence-corrected chi connectivity index (χ3v) is 4.04. The van der Waals surface area contributed by atoms with Crippen molar-refractivity contribution < 1.29 is 4.74 Å². The van der Waals surface area contributed by atoms with Crippen LogP contribution >= 0.6 is 27.5 Å². The van der Waals surface area contributed by atoms with Crippen molar-refractivity contribution >= 4 is 27.5 Å². The van der Waals surface area contributed by atoms with E-state index in [-0.39, 0.29) is 6.04 Å². The van der Waals surface area contributed by atoms with E-state index in [0.29, 0.717) is 16.9 Å². The van der Waals surface area contributed by atoms with Crippen molar-refractivity contribution in [3.05, 3.63) is 27.2 Å². The largest absolute Gasteiger partial charge is 0.495 e. The first-order chi connectivity index (χ1) is 7.54. The Kier molecular flexibility index (Phi) is 3.48. The van der Waals surface area contributed by atoms with E-state index in [1.807, 2.05) is 12.1 Å². The average Bonchev–Trinajstić information content (AvgIpc) is 2.93. The summed E-state index contributed by atoms with van der Waals surface area (Å²) in [5, 5.41) is 0.687. The summed E-state index contributed by atoms with van der Waals surface area (Å²) in [5.74, 6) is 2.06. The maximum atomic E-state index is 6.25. The van der Waals surface area contributed by atoms with Crippen LogP contribution in [0, 0.1) is 11.8 Å². The van der Waals surface area contributed by atoms with Crippen LogP contribution in [0.1, 0.15) is 24.9 Å². The molecule has 1 fully saturated rings. The van der Waals surface area contributed by atoms with Crippen LogP contribution in [0.4, 0.5) is 0 Å². The average molecular weight is 305 g/mol. The van der Waals surface area contributed by atoms with E-state index in [9.17, 15) is 0 Å². The summed E-state index contributed by atoms with van der Waals surface area (Å²) in [6.07, 6.45) is 1.19. The molecule has 1 aliphatic carbocycles. The molecule has 0 aliphatic heterocycles. The molecule has 2 N–H and O–H groups in total. The monoisotopic (exact) mass is 303 g/mol. The summed E-state index contributed by atoms with van der Waals surface area (Å²) in [6.45, 7) is 2.22. The number of benzene rings is 1. The number of nitrogens with two attached hydrogens (primary N) is 1. The van der Waals surface area contributed by atoms with Crippen molar-refractivity contribution in [2.45, 2.75) is 19.4 Å². The highest BCUT2D eigenvalue weighted by atomic mass is 79.9. The summed E-state index contributed by atoms with van der Waals surface area (Å²) in [7, 11) is 1.65. The van der Waals surface area contributed by atoms with Gasteiger partial charge in [0.15, 0.2) is 0 Å². The predicted molar refractivity (Wildman–Crippen MR) is 69.9 cm³/mol. The summed E-state index contributed by atoms with van der Waals surface area (Å²) in [4.78, 5) is 0. The molecule has 88 valence electrons. The van der Waals surface area contributed by atoms with Gasteiger partial charge in [-0.25, -0.2) is 0 Å². The van der Waals surface area contributed by atoms with Crippen LogP contribution in [0.3, 0.4) is 0 Å². The number of ether oxygens (including phenoxy) is 1. The maximum Gasteiger partial charge on any atom is 0.137 e. The van der Waals surface area contributed by atoms with Crippen LogP contribution in [0.15, 0.2) is 16.6 Å². The van der Waals surface area contributed by atoms with Crippen molar-refractivity contribution in [3.8, 4) is 5.75 Å².